The van der Waals surface area contributed by atoms with Crippen LogP contribution in [0.15, 0.2) is 35.1 Å². The first-order valence-corrected chi connectivity index (χ1v) is 8.08. The fourth-order valence-electron chi connectivity index (χ4n) is 2.33. The molecule has 0 aliphatic heterocycles. The Bertz CT molecular complexity index is 876. The smallest absolute Gasteiger partial charge is 0.325 e. The van der Waals surface area contributed by atoms with Gasteiger partial charge in [-0.3, -0.25) is 14.4 Å². The molecule has 2 rings (SSSR count). The quantitative estimate of drug-likeness (QED) is 0.712. The molecule has 0 unspecified atom stereocenters. The molecule has 1 N–H and O–H groups in total. The van der Waals surface area contributed by atoms with E-state index >= 15 is 0 Å². The van der Waals surface area contributed by atoms with E-state index in [0.717, 1.165) is 4.68 Å². The van der Waals surface area contributed by atoms with Gasteiger partial charge >= 0.3 is 5.97 Å². The lowest BCUT2D eigenvalue weighted by Gasteiger charge is -2.16. The average molecular weight is 375 g/mol. The third kappa shape index (κ3) is 4.63. The first-order chi connectivity index (χ1) is 12.9. The predicted molar refractivity (Wildman–Crippen MR) is 96.8 cm³/mol. The van der Waals surface area contributed by atoms with Gasteiger partial charge in [-0.05, 0) is 31.2 Å². The van der Waals surface area contributed by atoms with E-state index in [9.17, 15) is 14.4 Å². The zero-order chi connectivity index (χ0) is 20.0. The molecule has 1 heterocycles. The predicted octanol–water partition coefficient (Wildman–Crippen LogP) is 0.778. The summed E-state index contributed by atoms with van der Waals surface area (Å²) in [5.74, 6) is -0.185. The van der Waals surface area contributed by atoms with Crippen molar-refractivity contribution in [2.24, 2.45) is 0 Å². The molecule has 1 aromatic carbocycles. The van der Waals surface area contributed by atoms with Gasteiger partial charge in [0.2, 0.25) is 5.91 Å². The molecule has 27 heavy (non-hydrogen) atoms. The van der Waals surface area contributed by atoms with Crippen LogP contribution in [0.5, 0.6) is 11.5 Å². The molecule has 9 nitrogen and oxygen atoms in total. The van der Waals surface area contributed by atoms with Crippen molar-refractivity contribution in [3.8, 4) is 22.8 Å². The number of rotatable bonds is 7. The number of esters is 1. The van der Waals surface area contributed by atoms with Gasteiger partial charge in [-0.2, -0.15) is 5.10 Å². The van der Waals surface area contributed by atoms with Gasteiger partial charge in [-0.25, -0.2) is 4.68 Å². The number of hydrogen-bond acceptors (Lipinski definition) is 7. The lowest BCUT2D eigenvalue weighted by Crippen LogP contribution is -2.39. The van der Waals surface area contributed by atoms with Crippen molar-refractivity contribution < 1.29 is 23.8 Å². The Balaban J connectivity index is 2.38. The second-order valence-corrected chi connectivity index (χ2v) is 5.54. The van der Waals surface area contributed by atoms with Crippen molar-refractivity contribution in [2.45, 2.75) is 13.0 Å². The minimum Gasteiger partial charge on any atom is -0.497 e. The zero-order valence-electron chi connectivity index (χ0n) is 15.5. The molecular weight excluding hydrogens is 354 g/mol. The number of carbonyl (C=O) groups excluding carboxylic acids is 2. The summed E-state index contributed by atoms with van der Waals surface area (Å²) in [6, 6.07) is 7.35. The van der Waals surface area contributed by atoms with E-state index in [1.54, 1.807) is 31.4 Å². The molecule has 1 aromatic heterocycles. The summed E-state index contributed by atoms with van der Waals surface area (Å²) < 4.78 is 15.9. The molecule has 0 aliphatic carbocycles. The van der Waals surface area contributed by atoms with E-state index in [2.05, 4.69) is 15.2 Å². The number of nitrogens with zero attached hydrogens (tertiary/aromatic N) is 2. The molecule has 0 aliphatic rings. The highest BCUT2D eigenvalue weighted by molar-refractivity contribution is 5.84. The van der Waals surface area contributed by atoms with Crippen LogP contribution >= 0.6 is 0 Å². The molecule has 9 heteroatoms. The van der Waals surface area contributed by atoms with Crippen LogP contribution in [0.1, 0.15) is 13.0 Å². The summed E-state index contributed by atoms with van der Waals surface area (Å²) >= 11 is 0. The minimum absolute atomic E-state index is 0.281. The first kappa shape index (κ1) is 20.0. The van der Waals surface area contributed by atoms with Crippen LogP contribution < -0.4 is 20.3 Å². The molecule has 0 fully saturated rings. The zero-order valence-corrected chi connectivity index (χ0v) is 15.5. The van der Waals surface area contributed by atoms with Crippen LogP contribution in [0, 0.1) is 0 Å². The molecule has 2 aromatic rings. The van der Waals surface area contributed by atoms with Crippen LogP contribution in [0.4, 0.5) is 0 Å². The van der Waals surface area contributed by atoms with Crippen LogP contribution in [-0.2, 0) is 14.3 Å². The summed E-state index contributed by atoms with van der Waals surface area (Å²) in [6.45, 7) is 1.21. The lowest BCUT2D eigenvalue weighted by atomic mass is 10.1. The Morgan fingerprint density at radius 2 is 1.81 bits per heavy atom. The van der Waals surface area contributed by atoms with Crippen LogP contribution in [0.2, 0.25) is 0 Å². The molecule has 0 saturated carbocycles. The van der Waals surface area contributed by atoms with E-state index < -0.39 is 23.5 Å². The third-order valence-electron chi connectivity index (χ3n) is 3.89. The number of benzene rings is 1. The second-order valence-electron chi connectivity index (χ2n) is 5.54. The molecule has 1 atom stereocenters. The minimum atomic E-state index is -0.940. The van der Waals surface area contributed by atoms with Crippen LogP contribution in [-0.4, -0.2) is 49.5 Å². The Kier molecular flexibility index (Phi) is 6.53. The van der Waals surface area contributed by atoms with Gasteiger partial charge in [-0.15, -0.1) is 0 Å². The van der Waals surface area contributed by atoms with Crippen molar-refractivity contribution in [3.05, 3.63) is 40.7 Å². The second kappa shape index (κ2) is 8.84. The van der Waals surface area contributed by atoms with Crippen molar-refractivity contribution in [2.75, 3.05) is 27.9 Å². The summed E-state index contributed by atoms with van der Waals surface area (Å²) in [4.78, 5) is 35.8. The highest BCUT2D eigenvalue weighted by Gasteiger charge is 2.21. The van der Waals surface area contributed by atoms with Gasteiger partial charge in [-0.1, -0.05) is 0 Å². The van der Waals surface area contributed by atoms with Gasteiger partial charge in [0.25, 0.3) is 5.56 Å². The highest BCUT2D eigenvalue weighted by atomic mass is 16.5. The van der Waals surface area contributed by atoms with E-state index in [0.29, 0.717) is 17.0 Å². The maximum Gasteiger partial charge on any atom is 0.325 e. The maximum absolute atomic E-state index is 12.4. The van der Waals surface area contributed by atoms with Gasteiger partial charge in [0.15, 0.2) is 5.75 Å². The van der Waals surface area contributed by atoms with Crippen LogP contribution in [0.25, 0.3) is 11.3 Å². The van der Waals surface area contributed by atoms with Gasteiger partial charge in [0.1, 0.15) is 24.0 Å². The number of methoxy groups -OCH3 is 3. The van der Waals surface area contributed by atoms with Crippen molar-refractivity contribution >= 4 is 11.9 Å². The molecule has 0 bridgehead atoms. The van der Waals surface area contributed by atoms with Gasteiger partial charge in [0.05, 0.1) is 21.3 Å². The van der Waals surface area contributed by atoms with E-state index in [4.69, 9.17) is 9.47 Å². The first-order valence-electron chi connectivity index (χ1n) is 8.08. The van der Waals surface area contributed by atoms with Crippen molar-refractivity contribution in [1.82, 2.24) is 15.1 Å². The number of ether oxygens (including phenoxy) is 3. The Morgan fingerprint density at radius 3 is 2.37 bits per heavy atom. The molecule has 0 saturated heterocycles. The molecular formula is C18H21N3O6. The summed E-state index contributed by atoms with van der Waals surface area (Å²) in [6.07, 6.45) is 0. The van der Waals surface area contributed by atoms with E-state index in [1.165, 1.54) is 27.2 Å². The van der Waals surface area contributed by atoms with Gasteiger partial charge in [0, 0.05) is 11.6 Å². The topological polar surface area (TPSA) is 109 Å². The summed E-state index contributed by atoms with van der Waals surface area (Å²) in [5, 5.41) is 6.70. The largest absolute Gasteiger partial charge is 0.497 e. The summed E-state index contributed by atoms with van der Waals surface area (Å²) in [5.41, 5.74) is 0.570. The monoisotopic (exact) mass is 375 g/mol. The number of aromatic nitrogens is 2. The Morgan fingerprint density at radius 1 is 1.15 bits per heavy atom. The normalized spacial score (nSPS) is 11.4. The number of nitrogens with one attached hydrogen (secondary N) is 1. The Hall–Kier alpha value is -3.36. The molecule has 0 radical (unpaired) electrons. The standard InChI is InChI=1S/C18H21N3O6/c1-11(18(24)19-10-16(23)27-4)21-15(22)9-14(26-3)17(20-21)12-5-7-13(25-2)8-6-12/h5-9,11H,10H2,1-4H3,(H,19,24)/t11-/m0/s1. The lowest BCUT2D eigenvalue weighted by molar-refractivity contribution is -0.141. The van der Waals surface area contributed by atoms with Crippen LogP contribution in [0.3, 0.4) is 0 Å². The fourth-order valence-corrected chi connectivity index (χ4v) is 2.33. The highest BCUT2D eigenvalue weighted by Crippen LogP contribution is 2.28. The molecule has 1 amide bonds. The third-order valence-corrected chi connectivity index (χ3v) is 3.89. The molecule has 144 valence electrons. The number of carbonyl (C=O) groups is 2. The van der Waals surface area contributed by atoms with Gasteiger partial charge < -0.3 is 19.5 Å². The number of hydrogen-bond donors (Lipinski definition) is 1. The Labute approximate surface area is 155 Å². The fraction of sp³-hybridized carbons (Fsp3) is 0.333. The average Bonchev–Trinajstić information content (AvgIpc) is 2.70. The summed E-state index contributed by atoms with van der Waals surface area (Å²) in [7, 11) is 4.21. The van der Waals surface area contributed by atoms with E-state index in [-0.39, 0.29) is 12.3 Å². The number of amides is 1. The molecule has 0 spiro atoms. The van der Waals surface area contributed by atoms with Crippen molar-refractivity contribution in [3.63, 3.8) is 0 Å². The van der Waals surface area contributed by atoms with Crippen molar-refractivity contribution in [1.29, 1.82) is 0 Å². The SMILES string of the molecule is COC(=O)CNC(=O)[C@H](C)n1nc(-c2ccc(OC)cc2)c(OC)cc1=O. The maximum atomic E-state index is 12.4. The van der Waals surface area contributed by atoms with E-state index in [1.807, 2.05) is 0 Å².